The van der Waals surface area contributed by atoms with Crippen molar-refractivity contribution in [2.45, 2.75) is 12.2 Å². The highest BCUT2D eigenvalue weighted by atomic mass is 35.5. The second kappa shape index (κ2) is 7.77. The van der Waals surface area contributed by atoms with Gasteiger partial charge < -0.3 is 11.1 Å². The molecule has 178 valence electrons. The first-order chi connectivity index (χ1) is 16.5. The van der Waals surface area contributed by atoms with Crippen LogP contribution < -0.4 is 11.1 Å². The predicted octanol–water partition coefficient (Wildman–Crippen LogP) is 4.88. The molecule has 1 unspecified atom stereocenters. The van der Waals surface area contributed by atoms with Crippen molar-refractivity contribution < 1.29 is 31.5 Å². The van der Waals surface area contributed by atoms with E-state index in [2.05, 4.69) is 10.3 Å². The molecule has 6 nitrogen and oxygen atoms in total. The second-order valence-corrected chi connectivity index (χ2v) is 8.23. The third-order valence-corrected chi connectivity index (χ3v) is 6.09. The first kappa shape index (κ1) is 22.8. The Balaban J connectivity index is 1.89. The summed E-state index contributed by atoms with van der Waals surface area (Å²) in [5.41, 5.74) is 2.99. The van der Waals surface area contributed by atoms with Gasteiger partial charge >= 0.3 is 6.18 Å². The van der Waals surface area contributed by atoms with Crippen LogP contribution >= 0.6 is 11.6 Å². The van der Waals surface area contributed by atoms with E-state index in [1.165, 1.54) is 29.1 Å². The summed E-state index contributed by atoms with van der Waals surface area (Å²) in [6.07, 6.45) is -2.30. The van der Waals surface area contributed by atoms with Crippen molar-refractivity contribution in [2.24, 2.45) is 5.73 Å². The van der Waals surface area contributed by atoms with Crippen molar-refractivity contribution >= 4 is 28.9 Å². The molecule has 3 N–H and O–H groups in total. The van der Waals surface area contributed by atoms with Crippen molar-refractivity contribution in [3.8, 4) is 11.1 Å². The molecule has 0 aliphatic carbocycles. The summed E-state index contributed by atoms with van der Waals surface area (Å²) >= 11 is 6.26. The second-order valence-electron chi connectivity index (χ2n) is 7.82. The highest BCUT2D eigenvalue weighted by Gasteiger charge is 2.39. The van der Waals surface area contributed by atoms with Crippen LogP contribution in [0.4, 0.5) is 22.0 Å². The monoisotopic (exact) mass is 506 g/mol. The van der Waals surface area contributed by atoms with E-state index < -0.39 is 52.4 Å². The van der Waals surface area contributed by atoms with E-state index in [0.29, 0.717) is 6.07 Å². The molecule has 1 aliphatic rings. The first-order valence-electron chi connectivity index (χ1n) is 9.93. The van der Waals surface area contributed by atoms with Gasteiger partial charge in [0.1, 0.15) is 17.3 Å². The van der Waals surface area contributed by atoms with Crippen molar-refractivity contribution in [3.63, 3.8) is 0 Å². The SMILES string of the molecule is NC(=O)c1cc(C(F)(F)F)cc(F)c1-c1cc2cncn2c2c1C(c1cc(F)ccc1Cl)NC2=O. The maximum atomic E-state index is 15.3. The molecule has 2 aromatic heterocycles. The quantitative estimate of drug-likeness (QED) is 0.388. The van der Waals surface area contributed by atoms with Crippen LogP contribution in [0, 0.1) is 11.6 Å². The van der Waals surface area contributed by atoms with Gasteiger partial charge in [0.25, 0.3) is 5.91 Å². The van der Waals surface area contributed by atoms with Crippen LogP contribution in [0.5, 0.6) is 0 Å². The smallest absolute Gasteiger partial charge is 0.366 e. The minimum absolute atomic E-state index is 0.0324. The van der Waals surface area contributed by atoms with Crippen LogP contribution in [0.3, 0.4) is 0 Å². The van der Waals surface area contributed by atoms with Crippen LogP contribution in [0.15, 0.2) is 48.9 Å². The molecule has 4 aromatic rings. The molecule has 0 radical (unpaired) electrons. The molecule has 0 bridgehead atoms. The largest absolute Gasteiger partial charge is 0.416 e. The number of amides is 2. The number of hydrogen-bond donors (Lipinski definition) is 2. The van der Waals surface area contributed by atoms with Gasteiger partial charge in [-0.25, -0.2) is 13.8 Å². The van der Waals surface area contributed by atoms with Crippen molar-refractivity contribution in [2.75, 3.05) is 0 Å². The number of nitrogens with two attached hydrogens (primary N) is 1. The summed E-state index contributed by atoms with van der Waals surface area (Å²) in [4.78, 5) is 29.1. The Labute approximate surface area is 198 Å². The molecule has 35 heavy (non-hydrogen) atoms. The molecule has 2 amide bonds. The third-order valence-electron chi connectivity index (χ3n) is 5.75. The lowest BCUT2D eigenvalue weighted by molar-refractivity contribution is -0.137. The molecule has 1 atom stereocenters. The number of hydrogen-bond acceptors (Lipinski definition) is 3. The predicted molar refractivity (Wildman–Crippen MR) is 115 cm³/mol. The number of carbonyl (C=O) groups is 2. The Bertz CT molecular complexity index is 1560. The van der Waals surface area contributed by atoms with E-state index >= 15 is 4.39 Å². The fraction of sp³-hybridized carbons (Fsp3) is 0.0870. The number of imidazole rings is 1. The van der Waals surface area contributed by atoms with Crippen LogP contribution in [0.1, 0.15) is 43.6 Å². The lowest BCUT2D eigenvalue weighted by Gasteiger charge is -2.20. The molecular formula is C23H12ClF5N4O2. The number of aromatic nitrogens is 2. The van der Waals surface area contributed by atoms with E-state index in [1.807, 2.05) is 0 Å². The van der Waals surface area contributed by atoms with Crippen LogP contribution in [0.2, 0.25) is 5.02 Å². The van der Waals surface area contributed by atoms with Gasteiger partial charge in [0.2, 0.25) is 5.91 Å². The van der Waals surface area contributed by atoms with E-state index in [4.69, 9.17) is 17.3 Å². The minimum atomic E-state index is -4.95. The molecular weight excluding hydrogens is 495 g/mol. The van der Waals surface area contributed by atoms with E-state index in [-0.39, 0.29) is 39.0 Å². The summed E-state index contributed by atoms with van der Waals surface area (Å²) in [6.45, 7) is 0. The minimum Gasteiger partial charge on any atom is -0.366 e. The number of halogens is 6. The topological polar surface area (TPSA) is 89.5 Å². The maximum Gasteiger partial charge on any atom is 0.416 e. The van der Waals surface area contributed by atoms with E-state index in [1.54, 1.807) is 0 Å². The summed E-state index contributed by atoms with van der Waals surface area (Å²) < 4.78 is 70.7. The Morgan fingerprint density at radius 3 is 2.57 bits per heavy atom. The van der Waals surface area contributed by atoms with E-state index in [9.17, 15) is 27.2 Å². The van der Waals surface area contributed by atoms with Crippen molar-refractivity contribution in [1.29, 1.82) is 0 Å². The Kier molecular flexibility index (Phi) is 5.06. The summed E-state index contributed by atoms with van der Waals surface area (Å²) in [6, 6.07) is 4.35. The maximum absolute atomic E-state index is 15.3. The highest BCUT2D eigenvalue weighted by molar-refractivity contribution is 6.31. The Morgan fingerprint density at radius 2 is 1.89 bits per heavy atom. The van der Waals surface area contributed by atoms with Crippen molar-refractivity contribution in [3.05, 3.63) is 93.5 Å². The molecule has 0 spiro atoms. The molecule has 3 heterocycles. The average molecular weight is 507 g/mol. The van der Waals surface area contributed by atoms with Gasteiger partial charge in [-0.1, -0.05) is 11.6 Å². The lowest BCUT2D eigenvalue weighted by atomic mass is 9.88. The molecule has 12 heteroatoms. The first-order valence-corrected chi connectivity index (χ1v) is 10.3. The third kappa shape index (κ3) is 3.59. The summed E-state index contributed by atoms with van der Waals surface area (Å²) in [7, 11) is 0. The van der Waals surface area contributed by atoms with Crippen LogP contribution in [-0.2, 0) is 6.18 Å². The number of nitrogens with one attached hydrogen (secondary N) is 1. The van der Waals surface area contributed by atoms with Gasteiger partial charge in [-0.3, -0.25) is 14.0 Å². The highest BCUT2D eigenvalue weighted by Crippen LogP contribution is 2.44. The fourth-order valence-electron chi connectivity index (χ4n) is 4.29. The number of fused-ring (bicyclic) bond motifs is 3. The molecule has 1 aliphatic heterocycles. The average Bonchev–Trinajstić information content (AvgIpc) is 3.38. The molecule has 2 aromatic carbocycles. The van der Waals surface area contributed by atoms with Gasteiger partial charge in [0, 0.05) is 21.7 Å². The number of pyridine rings is 1. The number of benzene rings is 2. The lowest BCUT2D eigenvalue weighted by Crippen LogP contribution is -2.21. The van der Waals surface area contributed by atoms with Gasteiger partial charge in [-0.2, -0.15) is 13.2 Å². The number of carbonyl (C=O) groups excluding carboxylic acids is 2. The molecule has 0 fully saturated rings. The van der Waals surface area contributed by atoms with Crippen molar-refractivity contribution in [1.82, 2.24) is 14.7 Å². The van der Waals surface area contributed by atoms with Gasteiger partial charge in [0.15, 0.2) is 0 Å². The fourth-order valence-corrected chi connectivity index (χ4v) is 4.52. The molecule has 0 saturated carbocycles. The zero-order chi connectivity index (χ0) is 25.2. The number of primary amides is 1. The molecule has 5 rings (SSSR count). The van der Waals surface area contributed by atoms with Gasteiger partial charge in [0.05, 0.1) is 35.2 Å². The van der Waals surface area contributed by atoms with Gasteiger partial charge in [-0.15, -0.1) is 0 Å². The Hall–Kier alpha value is -3.99. The molecule has 0 saturated heterocycles. The summed E-state index contributed by atoms with van der Waals surface area (Å²) in [5.74, 6) is -4.02. The zero-order valence-electron chi connectivity index (χ0n) is 17.3. The normalized spacial score (nSPS) is 15.4. The van der Waals surface area contributed by atoms with Crippen LogP contribution in [0.25, 0.3) is 16.6 Å². The van der Waals surface area contributed by atoms with Crippen LogP contribution in [-0.4, -0.2) is 21.2 Å². The van der Waals surface area contributed by atoms with Gasteiger partial charge in [-0.05, 0) is 42.0 Å². The number of alkyl halides is 3. The zero-order valence-corrected chi connectivity index (χ0v) is 18.0. The number of nitrogens with zero attached hydrogens (tertiary/aromatic N) is 2. The van der Waals surface area contributed by atoms with E-state index in [0.717, 1.165) is 12.1 Å². The number of rotatable bonds is 3. The Morgan fingerprint density at radius 1 is 1.14 bits per heavy atom. The summed E-state index contributed by atoms with van der Waals surface area (Å²) in [5, 5.41) is 2.72. The standard InChI is InChI=1S/C23H12ClF5N4O2/c24-15-2-1-10(25)5-12(15)19-18-13(6-11-7-31-8-33(11)20(18)22(35)32-19)17-14(21(30)34)3-9(4-16(17)26)23(27,28)29/h1-8,19H,(H2,30,34)(H,32,35).